The van der Waals surface area contributed by atoms with E-state index in [0.29, 0.717) is 12.4 Å². The lowest BCUT2D eigenvalue weighted by atomic mass is 9.93. The summed E-state index contributed by atoms with van der Waals surface area (Å²) in [6.07, 6.45) is 2.85. The third kappa shape index (κ3) is 3.68. The molecule has 2 aromatic rings. The number of amides is 2. The number of aliphatic hydroxyl groups excluding tert-OH is 1. The highest BCUT2D eigenvalue weighted by atomic mass is 16.3. The number of aromatic nitrogens is 3. The number of nitrogens with one attached hydrogen (secondary N) is 2. The fraction of sp³-hybridized carbons (Fsp3) is 0.438. The maximum atomic E-state index is 11.9. The van der Waals surface area contributed by atoms with Crippen LogP contribution in [0.4, 0.5) is 4.79 Å². The summed E-state index contributed by atoms with van der Waals surface area (Å²) in [7, 11) is 1.78. The van der Waals surface area contributed by atoms with Crippen LogP contribution in [0.15, 0.2) is 36.7 Å². The van der Waals surface area contributed by atoms with Crippen molar-refractivity contribution in [1.82, 2.24) is 25.4 Å². The summed E-state index contributed by atoms with van der Waals surface area (Å²) in [6, 6.07) is 9.30. The van der Waals surface area contributed by atoms with Crippen LogP contribution in [0, 0.1) is 5.41 Å². The molecule has 0 saturated heterocycles. The van der Waals surface area contributed by atoms with Crippen molar-refractivity contribution in [3.05, 3.63) is 48.0 Å². The first-order chi connectivity index (χ1) is 11.1. The summed E-state index contributed by atoms with van der Waals surface area (Å²) in [4.78, 5) is 15.9. The Morgan fingerprint density at radius 2 is 2.09 bits per heavy atom. The van der Waals surface area contributed by atoms with Crippen molar-refractivity contribution in [2.24, 2.45) is 12.5 Å². The molecule has 1 aromatic carbocycles. The van der Waals surface area contributed by atoms with Gasteiger partial charge in [0.2, 0.25) is 0 Å². The highest BCUT2D eigenvalue weighted by Crippen LogP contribution is 2.54. The van der Waals surface area contributed by atoms with Crippen molar-refractivity contribution in [1.29, 1.82) is 0 Å². The molecule has 7 nitrogen and oxygen atoms in total. The number of hydrogen-bond acceptors (Lipinski definition) is 4. The molecule has 0 radical (unpaired) electrons. The lowest BCUT2D eigenvalue weighted by molar-refractivity contribution is 0.0932. The summed E-state index contributed by atoms with van der Waals surface area (Å²) in [5, 5.41) is 20.2. The number of carbonyl (C=O) groups excluding carboxylic acids is 1. The van der Waals surface area contributed by atoms with Gasteiger partial charge in [-0.15, -0.1) is 0 Å². The van der Waals surface area contributed by atoms with Gasteiger partial charge >= 0.3 is 6.03 Å². The fourth-order valence-corrected chi connectivity index (χ4v) is 2.64. The van der Waals surface area contributed by atoms with E-state index in [4.69, 9.17) is 0 Å². The number of hydrogen-bond donors (Lipinski definition) is 3. The molecule has 1 fully saturated rings. The van der Waals surface area contributed by atoms with E-state index in [1.807, 2.05) is 30.3 Å². The van der Waals surface area contributed by atoms with Crippen LogP contribution in [-0.4, -0.2) is 32.4 Å². The van der Waals surface area contributed by atoms with Crippen LogP contribution in [0.1, 0.15) is 30.3 Å². The second kappa shape index (κ2) is 6.37. The molecule has 1 atom stereocenters. The number of benzene rings is 1. The average molecular weight is 315 g/mol. The fourth-order valence-electron chi connectivity index (χ4n) is 2.64. The van der Waals surface area contributed by atoms with Gasteiger partial charge in [-0.3, -0.25) is 4.68 Å². The monoisotopic (exact) mass is 315 g/mol. The zero-order chi connectivity index (χ0) is 16.3. The number of aryl methyl sites for hydroxylation is 1. The van der Waals surface area contributed by atoms with Gasteiger partial charge in [0, 0.05) is 19.0 Å². The van der Waals surface area contributed by atoms with Gasteiger partial charge in [-0.1, -0.05) is 30.3 Å². The third-order valence-electron chi connectivity index (χ3n) is 4.24. The van der Waals surface area contributed by atoms with Crippen molar-refractivity contribution in [2.75, 3.05) is 6.54 Å². The van der Waals surface area contributed by atoms with E-state index in [2.05, 4.69) is 20.7 Å². The summed E-state index contributed by atoms with van der Waals surface area (Å²) in [5.74, 6) is 0.563. The maximum Gasteiger partial charge on any atom is 0.315 e. The van der Waals surface area contributed by atoms with Crippen LogP contribution < -0.4 is 10.6 Å². The second-order valence-electron chi connectivity index (χ2n) is 6.05. The van der Waals surface area contributed by atoms with Crippen molar-refractivity contribution in [3.63, 3.8) is 0 Å². The van der Waals surface area contributed by atoms with Crippen molar-refractivity contribution >= 4 is 6.03 Å². The summed E-state index contributed by atoms with van der Waals surface area (Å²) in [5.41, 5.74) is 0.645. The molecule has 7 heteroatoms. The van der Waals surface area contributed by atoms with Crippen LogP contribution >= 0.6 is 0 Å². The molecule has 1 aromatic heterocycles. The van der Waals surface area contributed by atoms with Crippen LogP contribution in [0.25, 0.3) is 0 Å². The van der Waals surface area contributed by atoms with E-state index in [-0.39, 0.29) is 18.0 Å². The smallest absolute Gasteiger partial charge is 0.315 e. The van der Waals surface area contributed by atoms with Gasteiger partial charge in [0.15, 0.2) is 5.82 Å². The Hall–Kier alpha value is -2.41. The molecular weight excluding hydrogens is 294 g/mol. The molecule has 0 bridgehead atoms. The second-order valence-corrected chi connectivity index (χ2v) is 6.05. The minimum absolute atomic E-state index is 0.248. The van der Waals surface area contributed by atoms with Gasteiger partial charge < -0.3 is 15.7 Å². The predicted molar refractivity (Wildman–Crippen MR) is 84.3 cm³/mol. The van der Waals surface area contributed by atoms with Crippen LogP contribution in [0.3, 0.4) is 0 Å². The van der Waals surface area contributed by atoms with Crippen LogP contribution in [0.2, 0.25) is 0 Å². The molecule has 1 saturated carbocycles. The molecule has 23 heavy (non-hydrogen) atoms. The highest BCUT2D eigenvalue weighted by molar-refractivity contribution is 5.73. The molecule has 3 rings (SSSR count). The first-order valence-corrected chi connectivity index (χ1v) is 7.68. The summed E-state index contributed by atoms with van der Waals surface area (Å²) in [6.45, 7) is 0.728. The SMILES string of the molecule is Cn1cnc(CNC(=O)NCC2(C(O)c3ccccc3)CC2)n1. The Bertz CT molecular complexity index is 666. The van der Waals surface area contributed by atoms with Gasteiger partial charge in [-0.05, 0) is 18.4 Å². The molecule has 2 amide bonds. The van der Waals surface area contributed by atoms with E-state index < -0.39 is 6.10 Å². The van der Waals surface area contributed by atoms with Crippen LogP contribution in [-0.2, 0) is 13.6 Å². The lowest BCUT2D eigenvalue weighted by Crippen LogP contribution is -2.40. The molecule has 1 unspecified atom stereocenters. The molecule has 3 N–H and O–H groups in total. The van der Waals surface area contributed by atoms with Crippen molar-refractivity contribution in [2.45, 2.75) is 25.5 Å². The zero-order valence-electron chi connectivity index (χ0n) is 13.1. The first kappa shape index (κ1) is 15.5. The van der Waals surface area contributed by atoms with E-state index in [9.17, 15) is 9.90 Å². The molecule has 1 heterocycles. The maximum absolute atomic E-state index is 11.9. The van der Waals surface area contributed by atoms with Gasteiger partial charge in [-0.2, -0.15) is 5.10 Å². The average Bonchev–Trinajstić information content (AvgIpc) is 3.26. The molecule has 1 aliphatic rings. The number of aliphatic hydroxyl groups is 1. The summed E-state index contributed by atoms with van der Waals surface area (Å²) < 4.78 is 1.59. The minimum atomic E-state index is -0.554. The van der Waals surface area contributed by atoms with Gasteiger partial charge in [0.05, 0.1) is 12.6 Å². The Labute approximate surface area is 134 Å². The molecule has 0 spiro atoms. The minimum Gasteiger partial charge on any atom is -0.388 e. The van der Waals surface area contributed by atoms with E-state index in [1.54, 1.807) is 18.1 Å². The molecule has 0 aliphatic heterocycles. The Balaban J connectivity index is 1.48. The van der Waals surface area contributed by atoms with E-state index >= 15 is 0 Å². The van der Waals surface area contributed by atoms with Gasteiger partial charge in [-0.25, -0.2) is 9.78 Å². The topological polar surface area (TPSA) is 92.1 Å². The third-order valence-corrected chi connectivity index (χ3v) is 4.24. The van der Waals surface area contributed by atoms with Crippen LogP contribution in [0.5, 0.6) is 0 Å². The Morgan fingerprint density at radius 1 is 1.35 bits per heavy atom. The Kier molecular flexibility index (Phi) is 4.29. The number of nitrogens with zero attached hydrogens (tertiary/aromatic N) is 3. The van der Waals surface area contributed by atoms with E-state index in [0.717, 1.165) is 18.4 Å². The first-order valence-electron chi connectivity index (χ1n) is 7.68. The van der Waals surface area contributed by atoms with Crippen molar-refractivity contribution < 1.29 is 9.90 Å². The highest BCUT2D eigenvalue weighted by Gasteiger charge is 2.49. The normalized spacial score (nSPS) is 16.6. The largest absolute Gasteiger partial charge is 0.388 e. The Morgan fingerprint density at radius 3 is 2.70 bits per heavy atom. The predicted octanol–water partition coefficient (Wildman–Crippen LogP) is 1.13. The molecule has 1 aliphatic carbocycles. The summed E-state index contributed by atoms with van der Waals surface area (Å²) >= 11 is 0. The number of carbonyl (C=O) groups is 1. The standard InChI is InChI=1S/C16H21N5O2/c1-21-11-19-13(20-21)9-17-15(23)18-10-16(7-8-16)14(22)12-5-3-2-4-6-12/h2-6,11,14,22H,7-10H2,1H3,(H2,17,18,23). The number of rotatable bonds is 6. The number of urea groups is 1. The van der Waals surface area contributed by atoms with E-state index in [1.165, 1.54) is 0 Å². The quantitative estimate of drug-likeness (QED) is 0.745. The van der Waals surface area contributed by atoms with Crippen molar-refractivity contribution in [3.8, 4) is 0 Å². The lowest BCUT2D eigenvalue weighted by Gasteiger charge is -2.23. The zero-order valence-corrected chi connectivity index (χ0v) is 13.1. The molecule has 122 valence electrons. The molecular formula is C16H21N5O2. The van der Waals surface area contributed by atoms with Gasteiger partial charge in [0.25, 0.3) is 0 Å². The van der Waals surface area contributed by atoms with Gasteiger partial charge in [0.1, 0.15) is 6.33 Å².